The van der Waals surface area contributed by atoms with Crippen molar-refractivity contribution >= 4 is 17.6 Å². The van der Waals surface area contributed by atoms with Crippen LogP contribution < -0.4 is 14.9 Å². The molecule has 0 unspecified atom stereocenters. The molecule has 0 saturated carbocycles. The standard InChI is InChI=1S/C21H19N3O4/c1-27-21-13-16(14-22-23-18-8-3-2-4-9-18)11-12-20(21)28-15-17-7-5-6-10-19(17)24(25)26/h2-14,23H,15H2,1H3. The molecule has 0 radical (unpaired) electrons. The number of benzene rings is 3. The van der Waals surface area contributed by atoms with E-state index in [0.29, 0.717) is 17.1 Å². The fourth-order valence-electron chi connectivity index (χ4n) is 2.54. The molecule has 3 aromatic carbocycles. The Kier molecular flexibility index (Phi) is 6.20. The predicted octanol–water partition coefficient (Wildman–Crippen LogP) is 4.63. The molecule has 3 aromatic rings. The molecule has 3 rings (SSSR count). The van der Waals surface area contributed by atoms with Crippen molar-refractivity contribution in [3.05, 3.63) is 94.0 Å². The Labute approximate surface area is 162 Å². The molecule has 7 nitrogen and oxygen atoms in total. The van der Waals surface area contributed by atoms with Gasteiger partial charge in [0.1, 0.15) is 6.61 Å². The molecule has 0 bridgehead atoms. The van der Waals surface area contributed by atoms with Crippen molar-refractivity contribution < 1.29 is 14.4 Å². The zero-order valence-corrected chi connectivity index (χ0v) is 15.2. The minimum Gasteiger partial charge on any atom is -0.493 e. The van der Waals surface area contributed by atoms with Crippen molar-refractivity contribution in [2.75, 3.05) is 12.5 Å². The lowest BCUT2D eigenvalue weighted by molar-refractivity contribution is -0.385. The highest BCUT2D eigenvalue weighted by Crippen LogP contribution is 2.29. The molecule has 0 saturated heterocycles. The summed E-state index contributed by atoms with van der Waals surface area (Å²) >= 11 is 0. The van der Waals surface area contributed by atoms with Gasteiger partial charge in [-0.2, -0.15) is 5.10 Å². The van der Waals surface area contributed by atoms with Crippen LogP contribution in [-0.2, 0) is 6.61 Å². The van der Waals surface area contributed by atoms with Gasteiger partial charge in [0.05, 0.1) is 29.5 Å². The molecule has 0 aromatic heterocycles. The summed E-state index contributed by atoms with van der Waals surface area (Å²) in [6.07, 6.45) is 1.67. The van der Waals surface area contributed by atoms with Crippen LogP contribution in [0.15, 0.2) is 77.9 Å². The minimum absolute atomic E-state index is 0.0252. The Bertz CT molecular complexity index is 974. The molecule has 0 atom stereocenters. The van der Waals surface area contributed by atoms with E-state index in [2.05, 4.69) is 10.5 Å². The highest BCUT2D eigenvalue weighted by molar-refractivity contribution is 5.81. The van der Waals surface area contributed by atoms with Gasteiger partial charge in [0.25, 0.3) is 5.69 Å². The van der Waals surface area contributed by atoms with Gasteiger partial charge in [-0.1, -0.05) is 30.3 Å². The first kappa shape index (κ1) is 18.9. The van der Waals surface area contributed by atoms with E-state index in [1.807, 2.05) is 36.4 Å². The van der Waals surface area contributed by atoms with E-state index in [1.165, 1.54) is 13.2 Å². The highest BCUT2D eigenvalue weighted by Gasteiger charge is 2.14. The number of nitro groups is 1. The van der Waals surface area contributed by atoms with E-state index < -0.39 is 4.92 Å². The number of nitrogens with one attached hydrogen (secondary N) is 1. The lowest BCUT2D eigenvalue weighted by atomic mass is 10.2. The third-order valence-corrected chi connectivity index (χ3v) is 3.94. The van der Waals surface area contributed by atoms with Gasteiger partial charge in [0.2, 0.25) is 0 Å². The predicted molar refractivity (Wildman–Crippen MR) is 108 cm³/mol. The number of anilines is 1. The Morgan fingerprint density at radius 2 is 1.79 bits per heavy atom. The number of methoxy groups -OCH3 is 1. The average molecular weight is 377 g/mol. The van der Waals surface area contributed by atoms with Crippen LogP contribution in [0, 0.1) is 10.1 Å². The molecule has 0 aliphatic heterocycles. The van der Waals surface area contributed by atoms with Crippen LogP contribution in [0.2, 0.25) is 0 Å². The average Bonchev–Trinajstić information content (AvgIpc) is 2.73. The van der Waals surface area contributed by atoms with Crippen LogP contribution in [0.3, 0.4) is 0 Å². The van der Waals surface area contributed by atoms with Gasteiger partial charge < -0.3 is 9.47 Å². The number of hydrogen-bond donors (Lipinski definition) is 1. The molecule has 28 heavy (non-hydrogen) atoms. The third-order valence-electron chi connectivity index (χ3n) is 3.94. The zero-order valence-electron chi connectivity index (χ0n) is 15.2. The van der Waals surface area contributed by atoms with Gasteiger partial charge in [0.15, 0.2) is 11.5 Å². The summed E-state index contributed by atoms with van der Waals surface area (Å²) in [5, 5.41) is 15.3. The largest absolute Gasteiger partial charge is 0.493 e. The van der Waals surface area contributed by atoms with E-state index >= 15 is 0 Å². The number of ether oxygens (including phenoxy) is 2. The first-order valence-corrected chi connectivity index (χ1v) is 8.54. The first-order chi connectivity index (χ1) is 13.7. The van der Waals surface area contributed by atoms with Crippen molar-refractivity contribution in [1.29, 1.82) is 0 Å². The van der Waals surface area contributed by atoms with E-state index in [-0.39, 0.29) is 12.3 Å². The number of nitro benzene ring substituents is 1. The quantitative estimate of drug-likeness (QED) is 0.351. The molecule has 0 heterocycles. The Hall–Kier alpha value is -3.87. The summed E-state index contributed by atoms with van der Waals surface area (Å²) in [4.78, 5) is 10.7. The number of para-hydroxylation sites is 2. The van der Waals surface area contributed by atoms with Crippen LogP contribution in [0.5, 0.6) is 11.5 Å². The van der Waals surface area contributed by atoms with Crippen molar-refractivity contribution in [2.45, 2.75) is 6.61 Å². The molecule has 0 aliphatic rings. The summed E-state index contributed by atoms with van der Waals surface area (Å²) in [6, 6.07) is 21.4. The van der Waals surface area contributed by atoms with E-state index in [0.717, 1.165) is 11.3 Å². The first-order valence-electron chi connectivity index (χ1n) is 8.54. The van der Waals surface area contributed by atoms with Crippen LogP contribution in [0.4, 0.5) is 11.4 Å². The van der Waals surface area contributed by atoms with Gasteiger partial charge in [-0.25, -0.2) is 0 Å². The second kappa shape index (κ2) is 9.18. The molecule has 0 aliphatic carbocycles. The van der Waals surface area contributed by atoms with Crippen LogP contribution >= 0.6 is 0 Å². The Morgan fingerprint density at radius 1 is 1.04 bits per heavy atom. The summed E-state index contributed by atoms with van der Waals surface area (Å²) in [6.45, 7) is 0.0660. The van der Waals surface area contributed by atoms with Crippen molar-refractivity contribution in [2.24, 2.45) is 5.10 Å². The molecule has 0 fully saturated rings. The van der Waals surface area contributed by atoms with Crippen molar-refractivity contribution in [3.63, 3.8) is 0 Å². The Morgan fingerprint density at radius 3 is 2.54 bits per heavy atom. The molecule has 142 valence electrons. The molecular weight excluding hydrogens is 358 g/mol. The summed E-state index contributed by atoms with van der Waals surface area (Å²) in [5.74, 6) is 1.01. The van der Waals surface area contributed by atoms with Crippen LogP contribution in [0.1, 0.15) is 11.1 Å². The van der Waals surface area contributed by atoms with Crippen molar-refractivity contribution in [3.8, 4) is 11.5 Å². The second-order valence-electron chi connectivity index (χ2n) is 5.82. The number of hydrogen-bond acceptors (Lipinski definition) is 6. The van der Waals surface area contributed by atoms with Crippen LogP contribution in [-0.4, -0.2) is 18.2 Å². The summed E-state index contributed by atoms with van der Waals surface area (Å²) in [7, 11) is 1.54. The lowest BCUT2D eigenvalue weighted by Crippen LogP contribution is -2.02. The summed E-state index contributed by atoms with van der Waals surface area (Å²) < 4.78 is 11.1. The van der Waals surface area contributed by atoms with E-state index in [4.69, 9.17) is 9.47 Å². The zero-order chi connectivity index (χ0) is 19.8. The van der Waals surface area contributed by atoms with Gasteiger partial charge >= 0.3 is 0 Å². The van der Waals surface area contributed by atoms with Gasteiger partial charge in [-0.05, 0) is 42.0 Å². The summed E-state index contributed by atoms with van der Waals surface area (Å²) in [5.41, 5.74) is 5.16. The maximum atomic E-state index is 11.1. The minimum atomic E-state index is -0.421. The smallest absolute Gasteiger partial charge is 0.276 e. The Balaban J connectivity index is 1.69. The number of hydrazone groups is 1. The van der Waals surface area contributed by atoms with Gasteiger partial charge in [0, 0.05) is 6.07 Å². The van der Waals surface area contributed by atoms with Crippen molar-refractivity contribution in [1.82, 2.24) is 0 Å². The van der Waals surface area contributed by atoms with Gasteiger partial charge in [-0.15, -0.1) is 0 Å². The number of nitrogens with zero attached hydrogens (tertiary/aromatic N) is 2. The molecular formula is C21H19N3O4. The fourth-order valence-corrected chi connectivity index (χ4v) is 2.54. The SMILES string of the molecule is COc1cc(C=NNc2ccccc2)ccc1OCc1ccccc1[N+](=O)[O-]. The maximum absolute atomic E-state index is 11.1. The van der Waals surface area contributed by atoms with E-state index in [1.54, 1.807) is 36.5 Å². The molecule has 0 spiro atoms. The van der Waals surface area contributed by atoms with Crippen LogP contribution in [0.25, 0.3) is 0 Å². The third kappa shape index (κ3) is 4.85. The molecule has 7 heteroatoms. The molecule has 0 amide bonds. The normalized spacial score (nSPS) is 10.6. The molecule has 1 N–H and O–H groups in total. The highest BCUT2D eigenvalue weighted by atomic mass is 16.6. The second-order valence-corrected chi connectivity index (χ2v) is 5.82. The maximum Gasteiger partial charge on any atom is 0.276 e. The van der Waals surface area contributed by atoms with Gasteiger partial charge in [-0.3, -0.25) is 15.5 Å². The topological polar surface area (TPSA) is 86.0 Å². The monoisotopic (exact) mass is 377 g/mol. The lowest BCUT2D eigenvalue weighted by Gasteiger charge is -2.11. The van der Waals surface area contributed by atoms with E-state index in [9.17, 15) is 10.1 Å². The number of rotatable bonds is 8. The fraction of sp³-hybridized carbons (Fsp3) is 0.0952.